The van der Waals surface area contributed by atoms with Crippen molar-refractivity contribution in [2.75, 3.05) is 0 Å². The molecule has 4 N–H and O–H groups in total. The molecule has 4 aliphatic carbocycles. The van der Waals surface area contributed by atoms with E-state index in [1.165, 1.54) is 19.9 Å². The minimum atomic E-state index is -1.01. The molecule has 0 aliphatic heterocycles. The van der Waals surface area contributed by atoms with E-state index in [1.807, 2.05) is 0 Å². The van der Waals surface area contributed by atoms with Gasteiger partial charge in [-0.15, -0.1) is 0 Å². The Hall–Kier alpha value is -3.94. The molecule has 8 heteroatoms. The SMILES string of the molecule is CC1=C(O)C2C(C(C)C)=C(O)C(O)=CC2C(O)=C1c1c(C)c(=O)c2c(C(C)C)c(=O)c(=O)cc-2c1=O. The lowest BCUT2D eigenvalue weighted by molar-refractivity contribution is 0.226. The number of hydrogen-bond acceptors (Lipinski definition) is 8. The highest BCUT2D eigenvalue weighted by Gasteiger charge is 2.44. The standard InChI is InChI=1S/C28H28O8/c1-9(2)17-21-13(7-15(29)27(17)35)25(33)19(11(5)23(21)31)20-12(6)24(32)22-14(26(20)34)8-16(30)28(36)18(22)10(3)4/h7-10,13,21,29,31,33,35H,1-6H3. The highest BCUT2D eigenvalue weighted by atomic mass is 16.3. The fourth-order valence-corrected chi connectivity index (χ4v) is 5.60. The zero-order valence-electron chi connectivity index (χ0n) is 20.9. The number of rotatable bonds is 3. The Balaban J connectivity index is 2.13. The van der Waals surface area contributed by atoms with Gasteiger partial charge in [0.25, 0.3) is 0 Å². The first-order valence-corrected chi connectivity index (χ1v) is 11.7. The predicted octanol–water partition coefficient (Wildman–Crippen LogP) is 3.81. The highest BCUT2D eigenvalue weighted by molar-refractivity contribution is 5.87. The Kier molecular flexibility index (Phi) is 5.82. The Labute approximate surface area is 206 Å². The second-order valence-corrected chi connectivity index (χ2v) is 10.1. The monoisotopic (exact) mass is 492 g/mol. The van der Waals surface area contributed by atoms with E-state index in [9.17, 15) is 39.6 Å². The third-order valence-corrected chi connectivity index (χ3v) is 7.32. The van der Waals surface area contributed by atoms with Gasteiger partial charge in [-0.25, -0.2) is 0 Å². The summed E-state index contributed by atoms with van der Waals surface area (Å²) in [6.07, 6.45) is 1.19. The van der Waals surface area contributed by atoms with Crippen LogP contribution in [0, 0.1) is 24.7 Å². The van der Waals surface area contributed by atoms with Gasteiger partial charge in [0.15, 0.2) is 22.4 Å². The fraction of sp³-hybridized carbons (Fsp3) is 0.357. The number of benzene rings is 2. The minimum absolute atomic E-state index is 0.0198. The van der Waals surface area contributed by atoms with E-state index in [2.05, 4.69) is 0 Å². The molecule has 188 valence electrons. The van der Waals surface area contributed by atoms with Gasteiger partial charge in [-0.1, -0.05) is 27.7 Å². The van der Waals surface area contributed by atoms with Crippen LogP contribution in [0.15, 0.2) is 65.5 Å². The van der Waals surface area contributed by atoms with E-state index in [1.54, 1.807) is 27.7 Å². The van der Waals surface area contributed by atoms with Gasteiger partial charge in [0, 0.05) is 39.5 Å². The van der Waals surface area contributed by atoms with E-state index in [0.717, 1.165) is 6.07 Å². The van der Waals surface area contributed by atoms with Gasteiger partial charge in [-0.2, -0.15) is 0 Å². The van der Waals surface area contributed by atoms with E-state index >= 15 is 0 Å². The summed E-state index contributed by atoms with van der Waals surface area (Å²) in [5.74, 6) is -4.10. The molecule has 0 amide bonds. The smallest absolute Gasteiger partial charge is 0.229 e. The summed E-state index contributed by atoms with van der Waals surface area (Å²) < 4.78 is 0. The number of aliphatic hydroxyl groups is 4. The maximum absolute atomic E-state index is 13.7. The Morgan fingerprint density at radius 3 is 1.94 bits per heavy atom. The third-order valence-electron chi connectivity index (χ3n) is 7.32. The summed E-state index contributed by atoms with van der Waals surface area (Å²) in [6.45, 7) is 9.72. The molecule has 4 aliphatic rings. The predicted molar refractivity (Wildman–Crippen MR) is 136 cm³/mol. The molecule has 2 atom stereocenters. The van der Waals surface area contributed by atoms with Gasteiger partial charge in [0.1, 0.15) is 11.5 Å². The first-order valence-electron chi connectivity index (χ1n) is 11.7. The molecule has 4 rings (SSSR count). The van der Waals surface area contributed by atoms with Crippen LogP contribution >= 0.6 is 0 Å². The van der Waals surface area contributed by atoms with Crippen LogP contribution in [0.3, 0.4) is 0 Å². The zero-order valence-corrected chi connectivity index (χ0v) is 20.9. The van der Waals surface area contributed by atoms with Gasteiger partial charge >= 0.3 is 0 Å². The van der Waals surface area contributed by atoms with E-state index in [-0.39, 0.29) is 62.2 Å². The molecule has 2 unspecified atom stereocenters. The first kappa shape index (κ1) is 25.2. The third kappa shape index (κ3) is 3.27. The Bertz CT molecular complexity index is 1620. The minimum Gasteiger partial charge on any atom is -0.511 e. The topological polar surface area (TPSA) is 149 Å². The van der Waals surface area contributed by atoms with Gasteiger partial charge < -0.3 is 20.4 Å². The largest absolute Gasteiger partial charge is 0.511 e. The van der Waals surface area contributed by atoms with Crippen molar-refractivity contribution in [3.05, 3.63) is 104 Å². The van der Waals surface area contributed by atoms with Crippen LogP contribution in [-0.2, 0) is 0 Å². The van der Waals surface area contributed by atoms with Crippen LogP contribution in [0.4, 0.5) is 0 Å². The summed E-state index contributed by atoms with van der Waals surface area (Å²) in [6, 6.07) is 0.863. The maximum atomic E-state index is 13.7. The van der Waals surface area contributed by atoms with Crippen molar-refractivity contribution in [3.63, 3.8) is 0 Å². The Morgan fingerprint density at radius 1 is 0.778 bits per heavy atom. The summed E-state index contributed by atoms with van der Waals surface area (Å²) in [5.41, 5.74) is -3.25. The molecule has 0 spiro atoms. The van der Waals surface area contributed by atoms with Crippen molar-refractivity contribution in [2.45, 2.75) is 47.5 Å². The van der Waals surface area contributed by atoms with Crippen LogP contribution in [0.5, 0.6) is 0 Å². The molecule has 0 saturated heterocycles. The molecule has 0 radical (unpaired) electrons. The number of allylic oxidation sites excluding steroid dienone is 4. The van der Waals surface area contributed by atoms with Crippen LogP contribution in [-0.4, -0.2) is 20.4 Å². The van der Waals surface area contributed by atoms with Gasteiger partial charge in [-0.05, 0) is 42.9 Å². The molecule has 0 fully saturated rings. The van der Waals surface area contributed by atoms with Gasteiger partial charge in [0.05, 0.1) is 11.8 Å². The summed E-state index contributed by atoms with van der Waals surface area (Å²) >= 11 is 0. The molecule has 0 saturated carbocycles. The van der Waals surface area contributed by atoms with Crippen molar-refractivity contribution in [1.29, 1.82) is 0 Å². The van der Waals surface area contributed by atoms with Gasteiger partial charge in [0.2, 0.25) is 10.9 Å². The molecule has 0 aromatic heterocycles. The molecule has 36 heavy (non-hydrogen) atoms. The lowest BCUT2D eigenvalue weighted by Crippen LogP contribution is -2.36. The first-order chi connectivity index (χ1) is 16.7. The summed E-state index contributed by atoms with van der Waals surface area (Å²) in [7, 11) is 0. The van der Waals surface area contributed by atoms with E-state index in [4.69, 9.17) is 0 Å². The van der Waals surface area contributed by atoms with Crippen LogP contribution in [0.25, 0.3) is 16.7 Å². The fourth-order valence-electron chi connectivity index (χ4n) is 5.60. The van der Waals surface area contributed by atoms with Crippen molar-refractivity contribution >= 4 is 5.57 Å². The molecule has 0 bridgehead atoms. The molecule has 0 aromatic carbocycles. The molecule has 8 nitrogen and oxygen atoms in total. The molecule has 0 aromatic rings. The van der Waals surface area contributed by atoms with E-state index in [0.29, 0.717) is 5.57 Å². The molecular weight excluding hydrogens is 464 g/mol. The molecular formula is C28H28O8. The summed E-state index contributed by atoms with van der Waals surface area (Å²) in [5, 5.41) is 43.4. The van der Waals surface area contributed by atoms with Crippen molar-refractivity contribution in [3.8, 4) is 11.1 Å². The normalized spacial score (nSPS) is 20.6. The van der Waals surface area contributed by atoms with Crippen molar-refractivity contribution < 1.29 is 20.4 Å². The average molecular weight is 493 g/mol. The van der Waals surface area contributed by atoms with Gasteiger partial charge in [-0.3, -0.25) is 19.2 Å². The highest BCUT2D eigenvalue weighted by Crippen LogP contribution is 2.49. The number of hydrogen-bond donors (Lipinski definition) is 4. The van der Waals surface area contributed by atoms with Crippen LogP contribution in [0.2, 0.25) is 0 Å². The quantitative estimate of drug-likeness (QED) is 0.473. The number of fused-ring (bicyclic) bond motifs is 2. The lowest BCUT2D eigenvalue weighted by Gasteiger charge is -2.37. The number of aliphatic hydroxyl groups excluding tert-OH is 4. The second-order valence-electron chi connectivity index (χ2n) is 10.1. The Morgan fingerprint density at radius 2 is 1.39 bits per heavy atom. The van der Waals surface area contributed by atoms with Crippen molar-refractivity contribution in [2.24, 2.45) is 17.8 Å². The second kappa shape index (κ2) is 8.33. The average Bonchev–Trinajstić information content (AvgIpc) is 2.80. The maximum Gasteiger partial charge on any atom is 0.229 e. The van der Waals surface area contributed by atoms with Crippen LogP contribution < -0.4 is 21.7 Å². The molecule has 0 heterocycles. The van der Waals surface area contributed by atoms with Crippen LogP contribution in [0.1, 0.15) is 57.2 Å². The lowest BCUT2D eigenvalue weighted by atomic mass is 9.68. The zero-order chi connectivity index (χ0) is 27.0. The van der Waals surface area contributed by atoms with Crippen molar-refractivity contribution in [1.82, 2.24) is 0 Å². The summed E-state index contributed by atoms with van der Waals surface area (Å²) in [4.78, 5) is 52.2. The van der Waals surface area contributed by atoms with E-state index < -0.39 is 45.2 Å².